The summed E-state index contributed by atoms with van der Waals surface area (Å²) in [5, 5.41) is 3.41. The fraction of sp³-hybridized carbons (Fsp3) is 0.769. The Balaban J connectivity index is 1.57. The van der Waals surface area contributed by atoms with Crippen molar-refractivity contribution in [1.82, 2.24) is 9.88 Å². The highest BCUT2D eigenvalue weighted by Crippen LogP contribution is 2.35. The first kappa shape index (κ1) is 11.6. The molecule has 2 N–H and O–H groups in total. The summed E-state index contributed by atoms with van der Waals surface area (Å²) in [6.07, 6.45) is 6.60. The quantitative estimate of drug-likeness (QED) is 0.806. The summed E-state index contributed by atoms with van der Waals surface area (Å²) >= 11 is 1.76. The van der Waals surface area contributed by atoms with Gasteiger partial charge in [0.05, 0.1) is 10.7 Å². The third kappa shape index (κ3) is 3.27. The molecule has 17 heavy (non-hydrogen) atoms. The predicted molar refractivity (Wildman–Crippen MR) is 71.0 cm³/mol. The molecule has 3 rings (SSSR count). The van der Waals surface area contributed by atoms with E-state index in [1.54, 1.807) is 11.3 Å². The molecule has 2 aliphatic carbocycles. The van der Waals surface area contributed by atoms with Crippen molar-refractivity contribution in [1.29, 1.82) is 0 Å². The van der Waals surface area contributed by atoms with Crippen LogP contribution in [0.25, 0.3) is 0 Å². The Morgan fingerprint density at radius 3 is 2.82 bits per heavy atom. The molecule has 94 valence electrons. The van der Waals surface area contributed by atoms with Gasteiger partial charge in [0.1, 0.15) is 0 Å². The van der Waals surface area contributed by atoms with Crippen LogP contribution in [0.4, 0.5) is 0 Å². The SMILES string of the molecule is NCCc1nc(CN(CC2CC2)C2CC2)cs1. The summed E-state index contributed by atoms with van der Waals surface area (Å²) in [5.41, 5.74) is 6.82. The van der Waals surface area contributed by atoms with E-state index in [1.807, 2.05) is 0 Å². The standard InChI is InChI=1S/C13H21N3S/c14-6-5-13-15-11(9-17-13)8-16(12-3-4-12)7-10-1-2-10/h9-10,12H,1-8,14H2. The number of nitrogens with zero attached hydrogens (tertiary/aromatic N) is 2. The van der Waals surface area contributed by atoms with Crippen molar-refractivity contribution < 1.29 is 0 Å². The van der Waals surface area contributed by atoms with Gasteiger partial charge in [0.15, 0.2) is 0 Å². The number of hydrogen-bond donors (Lipinski definition) is 1. The maximum absolute atomic E-state index is 5.56. The van der Waals surface area contributed by atoms with Gasteiger partial charge in [0.2, 0.25) is 0 Å². The van der Waals surface area contributed by atoms with Crippen LogP contribution in [-0.4, -0.2) is 29.0 Å². The topological polar surface area (TPSA) is 42.1 Å². The predicted octanol–water partition coefficient (Wildman–Crippen LogP) is 2.02. The third-order valence-electron chi connectivity index (χ3n) is 3.58. The van der Waals surface area contributed by atoms with E-state index in [1.165, 1.54) is 42.9 Å². The van der Waals surface area contributed by atoms with Crippen LogP contribution in [-0.2, 0) is 13.0 Å². The molecule has 0 radical (unpaired) electrons. The van der Waals surface area contributed by atoms with Crippen molar-refractivity contribution in [2.24, 2.45) is 11.7 Å². The van der Waals surface area contributed by atoms with Gasteiger partial charge in [-0.15, -0.1) is 11.3 Å². The molecule has 3 nitrogen and oxygen atoms in total. The van der Waals surface area contributed by atoms with Crippen LogP contribution in [0.15, 0.2) is 5.38 Å². The molecule has 2 saturated carbocycles. The van der Waals surface area contributed by atoms with Crippen molar-refractivity contribution in [3.8, 4) is 0 Å². The van der Waals surface area contributed by atoms with Crippen LogP contribution in [0, 0.1) is 5.92 Å². The number of rotatable bonds is 7. The normalized spacial score (nSPS) is 20.1. The second kappa shape index (κ2) is 5.04. The summed E-state index contributed by atoms with van der Waals surface area (Å²) in [4.78, 5) is 7.33. The van der Waals surface area contributed by atoms with Gasteiger partial charge in [-0.1, -0.05) is 0 Å². The largest absolute Gasteiger partial charge is 0.330 e. The van der Waals surface area contributed by atoms with Gasteiger partial charge < -0.3 is 5.73 Å². The van der Waals surface area contributed by atoms with E-state index >= 15 is 0 Å². The number of thiazole rings is 1. The lowest BCUT2D eigenvalue weighted by Gasteiger charge is -2.20. The first-order chi connectivity index (χ1) is 8.35. The smallest absolute Gasteiger partial charge is 0.0941 e. The van der Waals surface area contributed by atoms with Crippen molar-refractivity contribution >= 4 is 11.3 Å². The van der Waals surface area contributed by atoms with E-state index in [9.17, 15) is 0 Å². The van der Waals surface area contributed by atoms with Crippen molar-refractivity contribution in [2.75, 3.05) is 13.1 Å². The average Bonchev–Trinajstić information content (AvgIpc) is 3.20. The molecule has 0 aliphatic heterocycles. The van der Waals surface area contributed by atoms with Crippen molar-refractivity contribution in [3.05, 3.63) is 16.1 Å². The Morgan fingerprint density at radius 2 is 2.18 bits per heavy atom. The fourth-order valence-electron chi connectivity index (χ4n) is 2.28. The molecule has 1 aromatic rings. The molecule has 0 bridgehead atoms. The van der Waals surface area contributed by atoms with E-state index in [-0.39, 0.29) is 0 Å². The van der Waals surface area contributed by atoms with Crippen LogP contribution in [0.3, 0.4) is 0 Å². The molecular formula is C13H21N3S. The van der Waals surface area contributed by atoms with Gasteiger partial charge in [0.25, 0.3) is 0 Å². The summed E-state index contributed by atoms with van der Waals surface area (Å²) in [5.74, 6) is 0.984. The highest BCUT2D eigenvalue weighted by Gasteiger charge is 2.33. The van der Waals surface area contributed by atoms with E-state index < -0.39 is 0 Å². The lowest BCUT2D eigenvalue weighted by Crippen LogP contribution is -2.28. The Labute approximate surface area is 107 Å². The molecule has 2 fully saturated rings. The second-order valence-electron chi connectivity index (χ2n) is 5.38. The molecule has 0 amide bonds. The van der Waals surface area contributed by atoms with Crippen LogP contribution in [0.1, 0.15) is 36.4 Å². The van der Waals surface area contributed by atoms with Gasteiger partial charge in [0, 0.05) is 30.9 Å². The van der Waals surface area contributed by atoms with E-state index in [0.29, 0.717) is 6.54 Å². The van der Waals surface area contributed by atoms with Gasteiger partial charge in [-0.3, -0.25) is 4.90 Å². The lowest BCUT2D eigenvalue weighted by atomic mass is 10.3. The molecule has 1 aromatic heterocycles. The van der Waals surface area contributed by atoms with Crippen molar-refractivity contribution in [3.63, 3.8) is 0 Å². The van der Waals surface area contributed by atoms with Crippen LogP contribution in [0.5, 0.6) is 0 Å². The van der Waals surface area contributed by atoms with Gasteiger partial charge in [-0.25, -0.2) is 4.98 Å². The molecule has 2 aliphatic rings. The van der Waals surface area contributed by atoms with E-state index in [2.05, 4.69) is 15.3 Å². The molecule has 4 heteroatoms. The Kier molecular flexibility index (Phi) is 3.45. The second-order valence-corrected chi connectivity index (χ2v) is 6.32. The van der Waals surface area contributed by atoms with Gasteiger partial charge in [-0.2, -0.15) is 0 Å². The summed E-state index contributed by atoms with van der Waals surface area (Å²) in [6, 6.07) is 0.857. The molecule has 0 spiro atoms. The zero-order valence-electron chi connectivity index (χ0n) is 10.3. The Hall–Kier alpha value is -0.450. The minimum atomic E-state index is 0.710. The van der Waals surface area contributed by atoms with Gasteiger partial charge >= 0.3 is 0 Å². The number of aromatic nitrogens is 1. The average molecular weight is 251 g/mol. The molecule has 0 unspecified atom stereocenters. The molecular weight excluding hydrogens is 230 g/mol. The van der Waals surface area contributed by atoms with Crippen LogP contribution >= 0.6 is 11.3 Å². The third-order valence-corrected chi connectivity index (χ3v) is 4.53. The van der Waals surface area contributed by atoms with Crippen LogP contribution in [0.2, 0.25) is 0 Å². The molecule has 1 heterocycles. The number of hydrogen-bond acceptors (Lipinski definition) is 4. The fourth-order valence-corrected chi connectivity index (χ4v) is 3.09. The summed E-state index contributed by atoms with van der Waals surface area (Å²) in [7, 11) is 0. The monoisotopic (exact) mass is 251 g/mol. The maximum atomic E-state index is 5.56. The molecule has 0 atom stereocenters. The lowest BCUT2D eigenvalue weighted by molar-refractivity contribution is 0.241. The molecule has 0 saturated heterocycles. The summed E-state index contributed by atoms with van der Waals surface area (Å²) < 4.78 is 0. The van der Waals surface area contributed by atoms with Gasteiger partial charge in [-0.05, 0) is 38.1 Å². The number of nitrogens with two attached hydrogens (primary N) is 1. The summed E-state index contributed by atoms with van der Waals surface area (Å²) in [6.45, 7) is 3.07. The first-order valence-electron chi connectivity index (χ1n) is 6.72. The first-order valence-corrected chi connectivity index (χ1v) is 7.60. The Bertz CT molecular complexity index is 368. The molecule has 0 aromatic carbocycles. The van der Waals surface area contributed by atoms with Crippen molar-refractivity contribution in [2.45, 2.75) is 44.7 Å². The highest BCUT2D eigenvalue weighted by molar-refractivity contribution is 7.09. The van der Waals surface area contributed by atoms with E-state index in [0.717, 1.165) is 24.9 Å². The zero-order chi connectivity index (χ0) is 11.7. The minimum Gasteiger partial charge on any atom is -0.330 e. The minimum absolute atomic E-state index is 0.710. The van der Waals surface area contributed by atoms with E-state index in [4.69, 9.17) is 5.73 Å². The van der Waals surface area contributed by atoms with Crippen LogP contribution < -0.4 is 5.73 Å². The Morgan fingerprint density at radius 1 is 1.35 bits per heavy atom. The maximum Gasteiger partial charge on any atom is 0.0941 e. The zero-order valence-corrected chi connectivity index (χ0v) is 11.1. The highest BCUT2D eigenvalue weighted by atomic mass is 32.1.